The minimum absolute atomic E-state index is 0.649. The number of para-hydroxylation sites is 4. The second-order valence-electron chi connectivity index (χ2n) is 9.43. The molecule has 0 radical (unpaired) electrons. The van der Waals surface area contributed by atoms with Crippen LogP contribution in [-0.4, -0.2) is 11.5 Å². The van der Waals surface area contributed by atoms with Crippen molar-refractivity contribution in [1.29, 1.82) is 0 Å². The van der Waals surface area contributed by atoms with Gasteiger partial charge in [0.25, 0.3) is 0 Å². The number of aromatic nitrogens is 1. The highest BCUT2D eigenvalue weighted by Crippen LogP contribution is 2.51. The fourth-order valence-corrected chi connectivity index (χ4v) is 5.98. The summed E-state index contributed by atoms with van der Waals surface area (Å²) in [4.78, 5) is 9.69. The van der Waals surface area contributed by atoms with Crippen LogP contribution in [-0.2, 0) is 0 Å². The van der Waals surface area contributed by atoms with E-state index in [1.807, 2.05) is 36.0 Å². The molecule has 5 heteroatoms. The van der Waals surface area contributed by atoms with Crippen molar-refractivity contribution in [2.24, 2.45) is 0 Å². The second kappa shape index (κ2) is 10.7. The predicted molar refractivity (Wildman–Crippen MR) is 155 cm³/mol. The van der Waals surface area contributed by atoms with Crippen LogP contribution >= 0.6 is 11.8 Å². The molecule has 5 aromatic rings. The number of nitrogens with zero attached hydrogens (tertiary/aromatic N) is 2. The zero-order chi connectivity index (χ0) is 25.0. The number of nitrogens with one attached hydrogen (secondary N) is 1. The third kappa shape index (κ3) is 4.84. The summed E-state index contributed by atoms with van der Waals surface area (Å²) in [5.41, 5.74) is 7.24. The van der Waals surface area contributed by atoms with Gasteiger partial charge in [-0.3, -0.25) is 0 Å². The number of benzene rings is 4. The molecule has 0 bridgehead atoms. The van der Waals surface area contributed by atoms with Gasteiger partial charge in [0.15, 0.2) is 5.58 Å². The van der Waals surface area contributed by atoms with Crippen molar-refractivity contribution >= 4 is 45.6 Å². The molecule has 0 aliphatic carbocycles. The first-order valence-electron chi connectivity index (χ1n) is 13.2. The molecule has 0 atom stereocenters. The van der Waals surface area contributed by atoms with Crippen molar-refractivity contribution in [3.8, 4) is 11.5 Å². The summed E-state index contributed by atoms with van der Waals surface area (Å²) in [6, 6.07) is 31.8. The Balaban J connectivity index is 1.40. The Hall–Kier alpha value is -3.70. The minimum atomic E-state index is 0.649. The maximum atomic E-state index is 6.18. The topological polar surface area (TPSA) is 41.3 Å². The minimum Gasteiger partial charge on any atom is -0.436 e. The number of rotatable bonds is 9. The molecule has 37 heavy (non-hydrogen) atoms. The molecule has 1 N–H and O–H groups in total. The summed E-state index contributed by atoms with van der Waals surface area (Å²) in [6.07, 6.45) is 6.23. The lowest BCUT2D eigenvalue weighted by Gasteiger charge is -2.33. The van der Waals surface area contributed by atoms with Crippen LogP contribution < -0.4 is 10.2 Å². The average molecular weight is 506 g/mol. The summed E-state index contributed by atoms with van der Waals surface area (Å²) in [7, 11) is 0. The van der Waals surface area contributed by atoms with Gasteiger partial charge in [-0.25, -0.2) is 4.98 Å². The number of hydrogen-bond acceptors (Lipinski definition) is 5. The maximum absolute atomic E-state index is 6.18. The molecule has 0 saturated carbocycles. The van der Waals surface area contributed by atoms with Gasteiger partial charge in [-0.1, -0.05) is 80.8 Å². The van der Waals surface area contributed by atoms with Crippen molar-refractivity contribution in [2.75, 3.05) is 16.8 Å². The molecule has 1 aliphatic heterocycles. The van der Waals surface area contributed by atoms with Gasteiger partial charge in [0, 0.05) is 27.7 Å². The lowest BCUT2D eigenvalue weighted by Crippen LogP contribution is -2.15. The fraction of sp³-hybridized carbons (Fsp3) is 0.219. The van der Waals surface area contributed by atoms with Crippen molar-refractivity contribution < 1.29 is 4.42 Å². The number of anilines is 4. The number of fused-ring (bicyclic) bond motifs is 3. The van der Waals surface area contributed by atoms with Crippen LogP contribution in [0.25, 0.3) is 22.6 Å². The zero-order valence-corrected chi connectivity index (χ0v) is 21.9. The quantitative estimate of drug-likeness (QED) is 0.198. The lowest BCUT2D eigenvalue weighted by molar-refractivity contribution is 0.619. The van der Waals surface area contributed by atoms with Crippen LogP contribution in [0.15, 0.2) is 105 Å². The van der Waals surface area contributed by atoms with E-state index in [9.17, 15) is 0 Å². The highest BCUT2D eigenvalue weighted by Gasteiger charge is 2.25. The first-order valence-corrected chi connectivity index (χ1v) is 14.0. The van der Waals surface area contributed by atoms with Crippen LogP contribution in [0, 0.1) is 0 Å². The maximum Gasteiger partial charge on any atom is 0.229 e. The Kier molecular flexibility index (Phi) is 6.87. The van der Waals surface area contributed by atoms with Crippen molar-refractivity contribution in [3.63, 3.8) is 0 Å². The summed E-state index contributed by atoms with van der Waals surface area (Å²) < 4.78 is 6.18. The molecule has 0 unspecified atom stereocenters. The van der Waals surface area contributed by atoms with Crippen LogP contribution in [0.5, 0.6) is 0 Å². The van der Waals surface area contributed by atoms with Crippen LogP contribution in [0.2, 0.25) is 0 Å². The smallest absolute Gasteiger partial charge is 0.229 e. The molecular weight excluding hydrogens is 474 g/mol. The Labute approximate surface area is 222 Å². The van der Waals surface area contributed by atoms with Crippen molar-refractivity contribution in [3.05, 3.63) is 91.0 Å². The molecule has 0 amide bonds. The van der Waals surface area contributed by atoms with Gasteiger partial charge >= 0.3 is 0 Å². The summed E-state index contributed by atoms with van der Waals surface area (Å²) in [6.45, 7) is 3.18. The molecule has 0 fully saturated rings. The monoisotopic (exact) mass is 505 g/mol. The van der Waals surface area contributed by atoms with Crippen LogP contribution in [0.4, 0.5) is 22.7 Å². The van der Waals surface area contributed by atoms with E-state index < -0.39 is 0 Å². The van der Waals surface area contributed by atoms with E-state index in [4.69, 9.17) is 9.40 Å². The molecule has 4 nitrogen and oxygen atoms in total. The Bertz CT molecular complexity index is 1450. The number of oxazole rings is 1. The molecule has 6 rings (SSSR count). The molecule has 1 aromatic heterocycles. The first kappa shape index (κ1) is 23.7. The van der Waals surface area contributed by atoms with Crippen molar-refractivity contribution in [1.82, 2.24) is 4.98 Å². The highest BCUT2D eigenvalue weighted by atomic mass is 32.2. The summed E-state index contributed by atoms with van der Waals surface area (Å²) in [5, 5.41) is 3.73. The standard InChI is InChI=1S/C32H31N3OS/c1-2-3-4-5-12-21-33-26-22-23(19-20-24(26)32-34-25-13-6-9-16-29(25)36-32)35-27-14-7-10-17-30(27)37-31-18-11-8-15-28(31)35/h6-11,13-20,22,33H,2-5,12,21H2,1H3. The largest absolute Gasteiger partial charge is 0.436 e. The molecular formula is C32H31N3OS. The van der Waals surface area contributed by atoms with Gasteiger partial charge in [-0.15, -0.1) is 0 Å². The highest BCUT2D eigenvalue weighted by molar-refractivity contribution is 7.99. The molecule has 4 aromatic carbocycles. The van der Waals surface area contributed by atoms with Crippen LogP contribution in [0.1, 0.15) is 39.0 Å². The lowest BCUT2D eigenvalue weighted by atomic mass is 10.1. The number of hydrogen-bond donors (Lipinski definition) is 1. The van der Waals surface area contributed by atoms with E-state index >= 15 is 0 Å². The molecule has 0 spiro atoms. The van der Waals surface area contributed by atoms with Crippen molar-refractivity contribution in [2.45, 2.75) is 48.8 Å². The zero-order valence-electron chi connectivity index (χ0n) is 21.1. The van der Waals surface area contributed by atoms with Gasteiger partial charge in [0.05, 0.1) is 16.9 Å². The third-order valence-corrected chi connectivity index (χ3v) is 7.94. The predicted octanol–water partition coefficient (Wildman–Crippen LogP) is 9.81. The molecule has 2 heterocycles. The van der Waals surface area contributed by atoms with E-state index in [2.05, 4.69) is 83.9 Å². The fourth-order valence-electron chi connectivity index (χ4n) is 4.93. The SMILES string of the molecule is CCCCCCCNc1cc(N2c3ccccc3Sc3ccccc32)ccc1-c1nc2ccccc2o1. The Morgan fingerprint density at radius 2 is 1.49 bits per heavy atom. The van der Waals surface area contributed by atoms with E-state index in [-0.39, 0.29) is 0 Å². The summed E-state index contributed by atoms with van der Waals surface area (Å²) >= 11 is 1.83. The molecule has 186 valence electrons. The number of unbranched alkanes of at least 4 members (excludes halogenated alkanes) is 4. The third-order valence-electron chi connectivity index (χ3n) is 6.81. The van der Waals surface area contributed by atoms with Gasteiger partial charge in [-0.05, 0) is 61.0 Å². The van der Waals surface area contributed by atoms with Gasteiger partial charge in [0.1, 0.15) is 5.52 Å². The molecule has 0 saturated heterocycles. The Morgan fingerprint density at radius 1 is 0.784 bits per heavy atom. The normalized spacial score (nSPS) is 12.4. The van der Waals surface area contributed by atoms with E-state index in [0.717, 1.165) is 41.0 Å². The first-order chi connectivity index (χ1) is 18.3. The van der Waals surface area contributed by atoms with E-state index in [1.165, 1.54) is 46.8 Å². The van der Waals surface area contributed by atoms with E-state index in [0.29, 0.717) is 5.89 Å². The molecule has 1 aliphatic rings. The summed E-state index contributed by atoms with van der Waals surface area (Å²) in [5.74, 6) is 0.649. The van der Waals surface area contributed by atoms with Crippen LogP contribution in [0.3, 0.4) is 0 Å². The van der Waals surface area contributed by atoms with Gasteiger partial charge < -0.3 is 14.6 Å². The second-order valence-corrected chi connectivity index (χ2v) is 10.5. The van der Waals surface area contributed by atoms with Gasteiger partial charge in [-0.2, -0.15) is 0 Å². The average Bonchev–Trinajstić information content (AvgIpc) is 3.37. The van der Waals surface area contributed by atoms with E-state index in [1.54, 1.807) is 0 Å². The van der Waals surface area contributed by atoms with Gasteiger partial charge in [0.2, 0.25) is 5.89 Å². The Morgan fingerprint density at radius 3 is 2.24 bits per heavy atom.